The molecule has 2 heterocycles. The number of nitrogens with one attached hydrogen (secondary N) is 1. The fourth-order valence-electron chi connectivity index (χ4n) is 4.69. The zero-order chi connectivity index (χ0) is 31.5. The SMILES string of the molecule is Cc1c(C(N)=O)cc(C(=O)CN2CCN(C(=O)Nc3ccc(C(F)(F)F)cc3)CC2)n1Cc1cccc(OC(F)(F)F)c1. The Morgan fingerprint density at radius 2 is 1.58 bits per heavy atom. The molecule has 3 aromatic rings. The molecule has 0 saturated carbocycles. The molecule has 43 heavy (non-hydrogen) atoms. The van der Waals surface area contributed by atoms with Crippen LogP contribution in [0.15, 0.2) is 54.6 Å². The van der Waals surface area contributed by atoms with E-state index in [4.69, 9.17) is 5.73 Å². The van der Waals surface area contributed by atoms with E-state index >= 15 is 0 Å². The van der Waals surface area contributed by atoms with Gasteiger partial charge in [0.1, 0.15) is 5.75 Å². The number of aromatic nitrogens is 1. The van der Waals surface area contributed by atoms with Crippen molar-refractivity contribution in [3.8, 4) is 5.75 Å². The van der Waals surface area contributed by atoms with Crippen molar-refractivity contribution in [1.29, 1.82) is 0 Å². The summed E-state index contributed by atoms with van der Waals surface area (Å²) < 4.78 is 81.8. The molecule has 0 unspecified atom stereocenters. The van der Waals surface area contributed by atoms with Gasteiger partial charge in [-0.3, -0.25) is 14.5 Å². The third-order valence-electron chi connectivity index (χ3n) is 6.88. The van der Waals surface area contributed by atoms with Gasteiger partial charge in [-0.05, 0) is 55.0 Å². The van der Waals surface area contributed by atoms with E-state index in [1.165, 1.54) is 27.7 Å². The third-order valence-corrected chi connectivity index (χ3v) is 6.88. The molecule has 0 atom stereocenters. The van der Waals surface area contributed by atoms with Crippen molar-refractivity contribution >= 4 is 23.4 Å². The highest BCUT2D eigenvalue weighted by Gasteiger charge is 2.32. The predicted octanol–water partition coefficient (Wildman–Crippen LogP) is 4.89. The number of benzene rings is 2. The number of urea groups is 1. The minimum atomic E-state index is -4.88. The smallest absolute Gasteiger partial charge is 0.406 e. The maximum absolute atomic E-state index is 13.4. The number of nitrogens with zero attached hydrogens (tertiary/aromatic N) is 3. The first-order valence-electron chi connectivity index (χ1n) is 12.9. The Kier molecular flexibility index (Phi) is 9.04. The van der Waals surface area contributed by atoms with Gasteiger partial charge in [0.25, 0.3) is 5.91 Å². The van der Waals surface area contributed by atoms with Gasteiger partial charge in [0.2, 0.25) is 0 Å². The van der Waals surface area contributed by atoms with Gasteiger partial charge < -0.3 is 25.3 Å². The normalized spacial score (nSPS) is 14.4. The Hall–Kier alpha value is -4.53. The first kappa shape index (κ1) is 31.4. The first-order valence-corrected chi connectivity index (χ1v) is 12.9. The average Bonchev–Trinajstić information content (AvgIpc) is 3.24. The van der Waals surface area contributed by atoms with Crippen molar-refractivity contribution in [2.24, 2.45) is 5.73 Å². The van der Waals surface area contributed by atoms with Crippen LogP contribution in [0.25, 0.3) is 0 Å². The minimum Gasteiger partial charge on any atom is -0.406 e. The van der Waals surface area contributed by atoms with Gasteiger partial charge in [-0.1, -0.05) is 12.1 Å². The van der Waals surface area contributed by atoms with Crippen molar-refractivity contribution in [3.63, 3.8) is 0 Å². The number of alkyl halides is 6. The second-order valence-corrected chi connectivity index (χ2v) is 9.87. The van der Waals surface area contributed by atoms with Gasteiger partial charge in [-0.15, -0.1) is 13.2 Å². The molecule has 230 valence electrons. The molecule has 3 N–H and O–H groups in total. The number of ether oxygens (including phenoxy) is 1. The Bertz CT molecular complexity index is 1490. The molecule has 1 fully saturated rings. The van der Waals surface area contributed by atoms with Crippen LogP contribution < -0.4 is 15.8 Å². The van der Waals surface area contributed by atoms with Crippen LogP contribution in [0.2, 0.25) is 0 Å². The van der Waals surface area contributed by atoms with Gasteiger partial charge >= 0.3 is 18.6 Å². The van der Waals surface area contributed by atoms with Crippen molar-refractivity contribution in [2.45, 2.75) is 26.0 Å². The van der Waals surface area contributed by atoms with Crippen LogP contribution in [0.1, 0.15) is 37.7 Å². The molecular formula is C28H27F6N5O4. The van der Waals surface area contributed by atoms with Gasteiger partial charge in [-0.2, -0.15) is 13.2 Å². The summed E-state index contributed by atoms with van der Waals surface area (Å²) in [6.07, 6.45) is -9.37. The van der Waals surface area contributed by atoms with Crippen LogP contribution in [-0.4, -0.2) is 71.2 Å². The molecule has 1 aliphatic rings. The lowest BCUT2D eigenvalue weighted by Crippen LogP contribution is -2.51. The zero-order valence-corrected chi connectivity index (χ0v) is 22.8. The number of nitrogens with two attached hydrogens (primary N) is 1. The highest BCUT2D eigenvalue weighted by atomic mass is 19.4. The van der Waals surface area contributed by atoms with E-state index in [0.717, 1.165) is 30.3 Å². The van der Waals surface area contributed by atoms with Crippen LogP contribution in [0, 0.1) is 6.92 Å². The molecule has 0 radical (unpaired) electrons. The molecular weight excluding hydrogens is 584 g/mol. The summed E-state index contributed by atoms with van der Waals surface area (Å²) in [4.78, 5) is 41.2. The summed E-state index contributed by atoms with van der Waals surface area (Å²) in [6.45, 7) is 2.55. The molecule has 3 amide bonds. The molecule has 0 bridgehead atoms. The van der Waals surface area contributed by atoms with Crippen molar-refractivity contribution in [3.05, 3.63) is 82.7 Å². The van der Waals surface area contributed by atoms with E-state index in [1.54, 1.807) is 17.9 Å². The summed E-state index contributed by atoms with van der Waals surface area (Å²) in [7, 11) is 0. The van der Waals surface area contributed by atoms with Crippen molar-refractivity contribution < 1.29 is 45.5 Å². The molecule has 4 rings (SSSR count). The van der Waals surface area contributed by atoms with E-state index in [0.29, 0.717) is 24.3 Å². The van der Waals surface area contributed by atoms with E-state index < -0.39 is 35.8 Å². The van der Waals surface area contributed by atoms with Gasteiger partial charge in [0.05, 0.1) is 23.4 Å². The van der Waals surface area contributed by atoms with E-state index in [9.17, 15) is 40.7 Å². The molecule has 0 aliphatic carbocycles. The van der Waals surface area contributed by atoms with Crippen molar-refractivity contribution in [1.82, 2.24) is 14.4 Å². The number of hydrogen-bond acceptors (Lipinski definition) is 5. The Morgan fingerprint density at radius 1 is 0.930 bits per heavy atom. The molecule has 0 spiro atoms. The summed E-state index contributed by atoms with van der Waals surface area (Å²) in [5.74, 6) is -1.58. The number of carbonyl (C=O) groups is 3. The average molecular weight is 612 g/mol. The number of carbonyl (C=O) groups excluding carboxylic acids is 3. The molecule has 1 aromatic heterocycles. The number of halogens is 6. The molecule has 9 nitrogen and oxygen atoms in total. The van der Waals surface area contributed by atoms with Crippen LogP contribution in [0.4, 0.5) is 36.8 Å². The number of piperazine rings is 1. The van der Waals surface area contributed by atoms with Gasteiger partial charge in [0.15, 0.2) is 5.78 Å². The van der Waals surface area contributed by atoms with Crippen LogP contribution in [-0.2, 0) is 12.7 Å². The van der Waals surface area contributed by atoms with Crippen molar-refractivity contribution in [2.75, 3.05) is 38.0 Å². The molecule has 15 heteroatoms. The maximum atomic E-state index is 13.4. The number of ketones is 1. The number of primary amides is 1. The lowest BCUT2D eigenvalue weighted by molar-refractivity contribution is -0.274. The predicted molar refractivity (Wildman–Crippen MR) is 143 cm³/mol. The standard InChI is InChI=1S/C28H27F6N5O4/c1-17-22(25(35)41)14-23(39(17)15-18-3-2-4-21(13-18)43-28(32,33)34)24(40)16-37-9-11-38(12-10-37)26(42)36-20-7-5-19(6-8-20)27(29,30)31/h2-8,13-14H,9-12,15-16H2,1H3,(H2,35,41)(H,36,42). The Labute approximate surface area is 241 Å². The Morgan fingerprint density at radius 3 is 2.16 bits per heavy atom. The lowest BCUT2D eigenvalue weighted by Gasteiger charge is -2.34. The number of rotatable bonds is 8. The monoisotopic (exact) mass is 611 g/mol. The summed E-state index contributed by atoms with van der Waals surface area (Å²) in [6, 6.07) is 10.2. The first-order chi connectivity index (χ1) is 20.1. The molecule has 2 aromatic carbocycles. The highest BCUT2D eigenvalue weighted by Crippen LogP contribution is 2.30. The zero-order valence-electron chi connectivity index (χ0n) is 22.8. The number of hydrogen-bond donors (Lipinski definition) is 2. The fraction of sp³-hybridized carbons (Fsp3) is 0.321. The maximum Gasteiger partial charge on any atom is 0.573 e. The number of anilines is 1. The second kappa shape index (κ2) is 12.4. The van der Waals surface area contributed by atoms with E-state index in [2.05, 4.69) is 10.1 Å². The van der Waals surface area contributed by atoms with Crippen LogP contribution in [0.3, 0.4) is 0 Å². The third kappa shape index (κ3) is 8.06. The largest absolute Gasteiger partial charge is 0.573 e. The fourth-order valence-corrected chi connectivity index (χ4v) is 4.69. The van der Waals surface area contributed by atoms with Crippen LogP contribution >= 0.6 is 0 Å². The topological polar surface area (TPSA) is 110 Å². The van der Waals surface area contributed by atoms with E-state index in [1.807, 2.05) is 0 Å². The van der Waals surface area contributed by atoms with Gasteiger partial charge in [0, 0.05) is 44.1 Å². The summed E-state index contributed by atoms with van der Waals surface area (Å²) in [5.41, 5.74) is 5.83. The highest BCUT2D eigenvalue weighted by molar-refractivity contribution is 6.01. The summed E-state index contributed by atoms with van der Waals surface area (Å²) >= 11 is 0. The molecule has 1 aliphatic heterocycles. The number of Topliss-reactive ketones (excluding diaryl/α,β-unsaturated/α-hetero) is 1. The second-order valence-electron chi connectivity index (χ2n) is 9.87. The lowest BCUT2D eigenvalue weighted by atomic mass is 10.2. The van der Waals surface area contributed by atoms with E-state index in [-0.39, 0.29) is 48.9 Å². The Balaban J connectivity index is 1.40. The van der Waals surface area contributed by atoms with Crippen LogP contribution in [0.5, 0.6) is 5.75 Å². The summed E-state index contributed by atoms with van der Waals surface area (Å²) in [5, 5.41) is 2.55. The number of amides is 3. The molecule has 1 saturated heterocycles. The minimum absolute atomic E-state index is 0.0346. The quantitative estimate of drug-likeness (QED) is 0.279. The van der Waals surface area contributed by atoms with Gasteiger partial charge in [-0.25, -0.2) is 4.79 Å².